The van der Waals surface area contributed by atoms with E-state index in [9.17, 15) is 9.59 Å². The van der Waals surface area contributed by atoms with Crippen LogP contribution in [0.1, 0.15) is 28.4 Å². The summed E-state index contributed by atoms with van der Waals surface area (Å²) in [5.41, 5.74) is 2.41. The summed E-state index contributed by atoms with van der Waals surface area (Å²) < 4.78 is 5.49. The molecule has 2 amide bonds. The number of carbonyl (C=O) groups is 2. The van der Waals surface area contributed by atoms with Gasteiger partial charge >= 0.3 is 0 Å². The highest BCUT2D eigenvalue weighted by Gasteiger charge is 2.28. The topological polar surface area (TPSA) is 58.6 Å². The molecule has 0 fully saturated rings. The highest BCUT2D eigenvalue weighted by molar-refractivity contribution is 6.00. The lowest BCUT2D eigenvalue weighted by atomic mass is 9.98. The van der Waals surface area contributed by atoms with Gasteiger partial charge in [-0.05, 0) is 24.6 Å². The molecule has 5 nitrogen and oxygen atoms in total. The van der Waals surface area contributed by atoms with Crippen LogP contribution in [-0.2, 0) is 9.53 Å². The molecule has 1 N–H and O–H groups in total. The van der Waals surface area contributed by atoms with E-state index in [0.717, 1.165) is 17.7 Å². The van der Waals surface area contributed by atoms with Crippen LogP contribution in [0, 0.1) is 0 Å². The van der Waals surface area contributed by atoms with Gasteiger partial charge in [-0.15, -0.1) is 0 Å². The van der Waals surface area contributed by atoms with Crippen LogP contribution in [0.2, 0.25) is 0 Å². The minimum Gasteiger partial charge on any atom is -0.377 e. The van der Waals surface area contributed by atoms with Crippen molar-refractivity contribution < 1.29 is 14.3 Å². The maximum absolute atomic E-state index is 12.6. The van der Waals surface area contributed by atoms with Crippen LogP contribution in [-0.4, -0.2) is 32.0 Å². The fraction of sp³-hybridized carbons (Fsp3) is 0.263. The van der Waals surface area contributed by atoms with E-state index in [1.54, 1.807) is 36.3 Å². The molecule has 0 radical (unpaired) electrons. The molecule has 3 rings (SSSR count). The van der Waals surface area contributed by atoms with E-state index in [4.69, 9.17) is 4.74 Å². The number of amides is 2. The van der Waals surface area contributed by atoms with Gasteiger partial charge in [0.25, 0.3) is 5.91 Å². The molecule has 2 aromatic carbocycles. The van der Waals surface area contributed by atoms with Crippen molar-refractivity contribution in [1.82, 2.24) is 5.32 Å². The van der Waals surface area contributed by atoms with Crippen LogP contribution in [0.3, 0.4) is 0 Å². The number of carbonyl (C=O) groups excluding carboxylic acids is 2. The van der Waals surface area contributed by atoms with Crippen LogP contribution in [0.25, 0.3) is 0 Å². The molecule has 0 saturated carbocycles. The molecule has 1 aliphatic rings. The first-order valence-corrected chi connectivity index (χ1v) is 7.96. The van der Waals surface area contributed by atoms with Crippen molar-refractivity contribution in [3.8, 4) is 0 Å². The number of hydrogen-bond acceptors (Lipinski definition) is 3. The predicted molar refractivity (Wildman–Crippen MR) is 91.9 cm³/mol. The maximum atomic E-state index is 12.6. The summed E-state index contributed by atoms with van der Waals surface area (Å²) in [7, 11) is 1.68. The number of anilines is 1. The van der Waals surface area contributed by atoms with Gasteiger partial charge in [-0.25, -0.2) is 0 Å². The van der Waals surface area contributed by atoms with Gasteiger partial charge in [0.05, 0.1) is 12.6 Å². The van der Waals surface area contributed by atoms with Gasteiger partial charge in [0.15, 0.2) is 0 Å². The Morgan fingerprint density at radius 2 is 1.83 bits per heavy atom. The number of para-hydroxylation sites is 1. The van der Waals surface area contributed by atoms with Gasteiger partial charge in [0, 0.05) is 30.5 Å². The molecule has 124 valence electrons. The number of nitrogens with one attached hydrogen (secondary N) is 1. The average Bonchev–Trinajstić information content (AvgIpc) is 2.65. The molecule has 1 unspecified atom stereocenters. The van der Waals surface area contributed by atoms with Crippen molar-refractivity contribution in [3.05, 3.63) is 65.7 Å². The molecule has 0 spiro atoms. The zero-order valence-corrected chi connectivity index (χ0v) is 13.6. The molecule has 0 bridgehead atoms. The molecule has 0 saturated heterocycles. The average molecular weight is 324 g/mol. The highest BCUT2D eigenvalue weighted by atomic mass is 16.5. The molecular weight excluding hydrogens is 304 g/mol. The van der Waals surface area contributed by atoms with Crippen LogP contribution in [0.5, 0.6) is 0 Å². The SMILES string of the molecule is COC1CCN(C(=O)CNC(=O)c2ccccc2)c2ccccc21. The monoisotopic (exact) mass is 324 g/mol. The smallest absolute Gasteiger partial charge is 0.251 e. The zero-order valence-electron chi connectivity index (χ0n) is 13.6. The number of fused-ring (bicyclic) bond motifs is 1. The van der Waals surface area contributed by atoms with Gasteiger partial charge in [0.1, 0.15) is 0 Å². The van der Waals surface area contributed by atoms with Crippen molar-refractivity contribution in [2.75, 3.05) is 25.1 Å². The van der Waals surface area contributed by atoms with Gasteiger partial charge in [-0.1, -0.05) is 36.4 Å². The third-order valence-corrected chi connectivity index (χ3v) is 4.21. The van der Waals surface area contributed by atoms with Crippen LogP contribution >= 0.6 is 0 Å². The number of hydrogen-bond donors (Lipinski definition) is 1. The van der Waals surface area contributed by atoms with Gasteiger partial charge in [-0.3, -0.25) is 9.59 Å². The molecule has 24 heavy (non-hydrogen) atoms. The summed E-state index contributed by atoms with van der Waals surface area (Å²) in [5, 5.41) is 2.69. The van der Waals surface area contributed by atoms with E-state index in [2.05, 4.69) is 5.32 Å². The summed E-state index contributed by atoms with van der Waals surface area (Å²) >= 11 is 0. The van der Waals surface area contributed by atoms with Crippen molar-refractivity contribution in [2.24, 2.45) is 0 Å². The number of methoxy groups -OCH3 is 1. The van der Waals surface area contributed by atoms with Crippen LogP contribution in [0.4, 0.5) is 5.69 Å². The Labute approximate surface area is 141 Å². The third kappa shape index (κ3) is 3.31. The Morgan fingerprint density at radius 1 is 1.12 bits per heavy atom. The van der Waals surface area contributed by atoms with E-state index in [1.165, 1.54) is 0 Å². The molecule has 1 atom stereocenters. The molecular formula is C19H20N2O3. The third-order valence-electron chi connectivity index (χ3n) is 4.21. The lowest BCUT2D eigenvalue weighted by Crippen LogP contribution is -2.43. The fourth-order valence-corrected chi connectivity index (χ4v) is 2.97. The highest BCUT2D eigenvalue weighted by Crippen LogP contribution is 2.35. The maximum Gasteiger partial charge on any atom is 0.251 e. The number of benzene rings is 2. The number of nitrogens with zero attached hydrogens (tertiary/aromatic N) is 1. The second-order valence-corrected chi connectivity index (χ2v) is 5.67. The zero-order chi connectivity index (χ0) is 16.9. The standard InChI is InChI=1S/C19H20N2O3/c1-24-17-11-12-21(16-10-6-5-9-15(16)17)18(22)13-20-19(23)14-7-3-2-4-8-14/h2-10,17H,11-13H2,1H3,(H,20,23). The second kappa shape index (κ2) is 7.27. The summed E-state index contributed by atoms with van der Waals surface area (Å²) in [4.78, 5) is 26.4. The van der Waals surface area contributed by atoms with Gasteiger partial charge < -0.3 is 15.0 Å². The lowest BCUT2D eigenvalue weighted by molar-refractivity contribution is -0.117. The van der Waals surface area contributed by atoms with Crippen LogP contribution < -0.4 is 10.2 Å². The van der Waals surface area contributed by atoms with E-state index >= 15 is 0 Å². The molecule has 0 aliphatic carbocycles. The van der Waals surface area contributed by atoms with Crippen molar-refractivity contribution in [1.29, 1.82) is 0 Å². The van der Waals surface area contributed by atoms with Crippen molar-refractivity contribution >= 4 is 17.5 Å². The Morgan fingerprint density at radius 3 is 2.58 bits per heavy atom. The molecule has 1 heterocycles. The van der Waals surface area contributed by atoms with Gasteiger partial charge in [0.2, 0.25) is 5.91 Å². The quantitative estimate of drug-likeness (QED) is 0.940. The fourth-order valence-electron chi connectivity index (χ4n) is 2.97. The number of ether oxygens (including phenoxy) is 1. The Bertz CT molecular complexity index is 730. The van der Waals surface area contributed by atoms with Gasteiger partial charge in [-0.2, -0.15) is 0 Å². The first-order valence-electron chi connectivity index (χ1n) is 7.96. The molecule has 5 heteroatoms. The first-order chi connectivity index (χ1) is 11.7. The summed E-state index contributed by atoms with van der Waals surface area (Å²) in [6.45, 7) is 0.551. The molecule has 1 aliphatic heterocycles. The molecule has 2 aromatic rings. The second-order valence-electron chi connectivity index (χ2n) is 5.67. The lowest BCUT2D eigenvalue weighted by Gasteiger charge is -2.33. The van der Waals surface area contributed by atoms with E-state index < -0.39 is 0 Å². The van der Waals surface area contributed by atoms with Crippen LogP contribution in [0.15, 0.2) is 54.6 Å². The Hall–Kier alpha value is -2.66. The molecule has 0 aromatic heterocycles. The Kier molecular flexibility index (Phi) is 4.91. The summed E-state index contributed by atoms with van der Waals surface area (Å²) in [6.07, 6.45) is 0.746. The minimum absolute atomic E-state index is 0.00385. The van der Waals surface area contributed by atoms with E-state index in [1.807, 2.05) is 30.3 Å². The van der Waals surface area contributed by atoms with Crippen molar-refractivity contribution in [2.45, 2.75) is 12.5 Å². The normalized spacial score (nSPS) is 16.4. The summed E-state index contributed by atoms with van der Waals surface area (Å²) in [5.74, 6) is -0.370. The number of rotatable bonds is 4. The largest absolute Gasteiger partial charge is 0.377 e. The van der Waals surface area contributed by atoms with Crippen molar-refractivity contribution in [3.63, 3.8) is 0 Å². The Balaban J connectivity index is 1.68. The predicted octanol–water partition coefficient (Wildman–Crippen LogP) is 2.54. The first kappa shape index (κ1) is 16.2. The minimum atomic E-state index is -0.246. The summed E-state index contributed by atoms with van der Waals surface area (Å²) in [6, 6.07) is 16.6. The van der Waals surface area contributed by atoms with E-state index in [0.29, 0.717) is 12.1 Å². The van der Waals surface area contributed by atoms with E-state index in [-0.39, 0.29) is 24.5 Å².